The number of carbonyl (C=O) groups excluding carboxylic acids is 6. The number of methoxy groups -OCH3 is 4. The fourth-order valence-corrected chi connectivity index (χ4v) is 13.5. The van der Waals surface area contributed by atoms with E-state index >= 15 is 0 Å². The molecule has 754 valence electrons. The first kappa shape index (κ1) is 117. The number of hydrogen-bond acceptors (Lipinski definition) is 32. The van der Waals surface area contributed by atoms with Gasteiger partial charge in [0.2, 0.25) is 11.8 Å². The molecule has 9 aromatic heterocycles. The minimum Gasteiger partial charge on any atom is -1.00 e. The van der Waals surface area contributed by atoms with E-state index in [0.717, 1.165) is 84.4 Å². The number of carbonyl (C=O) groups is 7. The number of nitrogen functional groups attached to an aromatic ring is 1. The zero-order valence-electron chi connectivity index (χ0n) is 80.0. The predicted molar refractivity (Wildman–Crippen MR) is 543 cm³/mol. The Morgan fingerprint density at radius 2 is 0.734 bits per heavy atom. The summed E-state index contributed by atoms with van der Waals surface area (Å²) in [4.78, 5) is 133. The van der Waals surface area contributed by atoms with E-state index in [1.165, 1.54) is 71.9 Å². The van der Waals surface area contributed by atoms with Crippen molar-refractivity contribution in [2.24, 2.45) is 57.6 Å². The number of anilines is 8. The maximum absolute atomic E-state index is 12.9. The van der Waals surface area contributed by atoms with Gasteiger partial charge < -0.3 is 85.0 Å². The van der Waals surface area contributed by atoms with E-state index in [4.69, 9.17) is 115 Å². The van der Waals surface area contributed by atoms with Crippen LogP contribution < -0.4 is 74.1 Å². The summed E-state index contributed by atoms with van der Waals surface area (Å²) >= 11 is 34.4. The molecule has 18 rings (SSSR count). The molecule has 13 aromatic rings. The van der Waals surface area contributed by atoms with Crippen LogP contribution in [0.4, 0.5) is 45.6 Å². The topological polar surface area (TPSA) is 510 Å². The van der Waals surface area contributed by atoms with Gasteiger partial charge in [0.25, 0.3) is 11.8 Å². The maximum Gasteiger partial charge on any atom is 2.00 e. The Morgan fingerprint density at radius 1 is 0.427 bits per heavy atom. The number of amides is 4. The van der Waals surface area contributed by atoms with E-state index in [1.807, 2.05) is 73.8 Å². The number of rotatable bonds is 27. The molecule has 9 heterocycles. The quantitative estimate of drug-likeness (QED) is 0.00592. The van der Waals surface area contributed by atoms with Gasteiger partial charge in [0, 0.05) is 110 Å². The van der Waals surface area contributed by atoms with Crippen molar-refractivity contribution in [3.63, 3.8) is 0 Å². The van der Waals surface area contributed by atoms with Crippen LogP contribution >= 0.6 is 82.0 Å². The van der Waals surface area contributed by atoms with Crippen LogP contribution in [0, 0.1) is 30.1 Å². The van der Waals surface area contributed by atoms with Gasteiger partial charge in [-0.2, -0.15) is 20.4 Å². The van der Waals surface area contributed by atoms with Crippen LogP contribution in [0.3, 0.4) is 0 Å². The van der Waals surface area contributed by atoms with Gasteiger partial charge in [0.1, 0.15) is 51.7 Å². The smallest absolute Gasteiger partial charge is 1.00 e. The number of para-hydroxylation sites is 4. The molecule has 143 heavy (non-hydrogen) atoms. The van der Waals surface area contributed by atoms with E-state index in [0.29, 0.717) is 114 Å². The normalized spacial score (nSPS) is 12.4. The van der Waals surface area contributed by atoms with E-state index < -0.39 is 5.97 Å². The molecule has 5 aliphatic carbocycles. The molecule has 0 radical (unpaired) electrons. The van der Waals surface area contributed by atoms with Crippen LogP contribution in [-0.4, -0.2) is 234 Å². The van der Waals surface area contributed by atoms with Crippen molar-refractivity contribution in [3.8, 4) is 68.5 Å². The average Bonchev–Trinajstić information content (AvgIpc) is 1.75. The molecule has 0 saturated heterocycles. The van der Waals surface area contributed by atoms with Crippen LogP contribution in [0.15, 0.2) is 159 Å². The number of ether oxygens (including phenoxy) is 4. The number of halogens is 8. The van der Waals surface area contributed by atoms with Crippen LogP contribution in [0.5, 0.6) is 23.0 Å². The molecule has 4 aromatic carbocycles. The van der Waals surface area contributed by atoms with Crippen LogP contribution in [-0.2, 0) is 52.3 Å². The maximum atomic E-state index is 12.9. The van der Waals surface area contributed by atoms with Gasteiger partial charge in [-0.25, -0.2) is 78.1 Å². The Balaban J connectivity index is 0.000000232. The number of primary amides is 1. The Labute approximate surface area is 886 Å². The van der Waals surface area contributed by atoms with Crippen molar-refractivity contribution in [2.75, 3.05) is 97.9 Å². The molecule has 50 heteroatoms. The number of carboxylic acids is 1. The van der Waals surface area contributed by atoms with Crippen molar-refractivity contribution in [1.82, 2.24) is 99.6 Å². The van der Waals surface area contributed by atoms with Crippen LogP contribution in [0.1, 0.15) is 116 Å². The number of nitrogens with one attached hydrogen (secondary N) is 5. The molecule has 5 aliphatic rings. The van der Waals surface area contributed by atoms with Gasteiger partial charge in [-0.05, 0) is 124 Å². The molecule has 0 unspecified atom stereocenters. The molecule has 0 atom stereocenters. The predicted octanol–water partition coefficient (Wildman–Crippen LogP) is 13.2. The van der Waals surface area contributed by atoms with Crippen LogP contribution in [0.2, 0.25) is 30.7 Å². The fraction of sp³-hybridized carbons (Fsp3) is 0.301. The Kier molecular flexibility index (Phi) is 46.8. The van der Waals surface area contributed by atoms with Gasteiger partial charge in [-0.15, -0.1) is 12.4 Å². The Bertz CT molecular complexity index is 6510. The Hall–Kier alpha value is -12.6. The first-order chi connectivity index (χ1) is 67.1. The van der Waals surface area contributed by atoms with Gasteiger partial charge in [-0.3, -0.25) is 57.2 Å². The van der Waals surface area contributed by atoms with Crippen molar-refractivity contribution in [1.29, 1.82) is 0 Å². The molecular weight excluding hydrogens is 2070 g/mol. The van der Waals surface area contributed by atoms with Gasteiger partial charge in [-0.1, -0.05) is 93.9 Å². The van der Waals surface area contributed by atoms with E-state index in [1.54, 1.807) is 138 Å². The van der Waals surface area contributed by atoms with Gasteiger partial charge in [0.15, 0.2) is 57.9 Å². The molecule has 0 aliphatic heterocycles. The van der Waals surface area contributed by atoms with Gasteiger partial charge in [0.05, 0.1) is 150 Å². The Morgan fingerprint density at radius 3 is 1.03 bits per heavy atom. The summed E-state index contributed by atoms with van der Waals surface area (Å²) in [6.45, 7) is 0. The van der Waals surface area contributed by atoms with Gasteiger partial charge >= 0.3 is 29.0 Å². The summed E-state index contributed by atoms with van der Waals surface area (Å²) in [6, 6.07) is 29.9. The standard InChI is InChI=1S/C23H24N6O3.C19H18ClN5O2.C18H19ClN6O3.C10H12N4O.C8H8Cl2N2O2.C6H3Cl2NO2.C4H7NO.C3H5.C2H7NO.BrH.ClH.Mg/c1-29-12-25-22(28-29)15-4-3-5-17(21(15)32-2)26-18-10-19(27-23(31)14-8-9-14)24-11-16(18)20(30)13-6-7-13;1-25-10-22-19(24-25)12-4-3-5-14(18(12)27-2)23-15-8-16(20)21-9-13(15)17(26)11-6-7-11;1-24-10-21-17(23-24)11-6-5-7-13(16(11)27-3)22-14-8-15(19)20-9-12(14)18(26)25(2)28-4;1-14-6-12-10(13-14)7-4-3-5-8(11)9(7)15-2;1-12(14-2)8(13)5-4-11-7(10)3-6(5)9;7-4-1-5(8)9-2-3(4)6(10)11;5-4(6)3-1-2-3;1-2-3-1;1-3-4-2;;;/h3-5,10-14H,6-9H2,1-2H3,(H2,24,26,27,31);3-5,8-11H,6-7H2,1-2H3,(H,21,23);5-10H,1-4H3,(H,20,22);3-6H,11H2,1-2H3;3-4H,1-2H3;1-2H,(H,10,11);3H,1-2H2,(H2,5,6);1H,2-3H2;3H,1-2H3;2*1H;/q;;;;;;;-1;;;;+2/p-1. The minimum absolute atomic E-state index is 0. The van der Waals surface area contributed by atoms with Crippen molar-refractivity contribution < 1.29 is 89.1 Å². The summed E-state index contributed by atoms with van der Waals surface area (Å²) in [6.07, 6.45) is 25.9. The second kappa shape index (κ2) is 57.0. The summed E-state index contributed by atoms with van der Waals surface area (Å²) in [5, 5.41) is 41.9. The number of aromatic carboxylic acids is 1. The molecule has 0 bridgehead atoms. The van der Waals surface area contributed by atoms with E-state index in [9.17, 15) is 33.6 Å². The number of benzene rings is 4. The first-order valence-electron chi connectivity index (χ1n) is 42.8. The third-order valence-electron chi connectivity index (χ3n) is 20.3. The molecule has 4 amide bonds. The molecular formula is C93H104BrCl7MgN26O15. The largest absolute Gasteiger partial charge is 2.00 e. The SMILES string of the molecule is CNOC.CON(C)C(=O)c1cnc(Cl)cc1Cl.COc1c(N)cccc1-c1ncn(C)n1.COc1c(Nc2cc(Cl)ncc2C(=O)C2CC2)cccc1-c1ncn(C)n1.COc1c(Nc2cc(Cl)ncc2C(=O)N(C)OC)cccc1-c1ncn(C)n1.COc1c(Nc2cc(NC(=O)C3CC3)ncc2C(=O)C2CC2)cccc1-c1ncn(C)n1.Cl.NC(=O)C1CC1.O=C(O)c1cnc(Cl)cc1Cl.[Br-].[CH-]1CC1.[Mg+2]. The fourth-order valence-electron chi connectivity index (χ4n) is 12.3. The molecule has 5 fully saturated rings. The number of carboxylic acid groups (broad SMARTS) is 1. The summed E-state index contributed by atoms with van der Waals surface area (Å²) in [5.74, 6) is 3.46. The number of hydrogen-bond donors (Lipinski definition) is 8. The summed E-state index contributed by atoms with van der Waals surface area (Å²) in [5.41, 5.74) is 21.8. The number of aryl methyl sites for hydroxylation is 4. The number of nitrogens with zero attached hydrogens (tertiary/aromatic N) is 19. The summed E-state index contributed by atoms with van der Waals surface area (Å²) in [7, 11) is 22.6. The van der Waals surface area contributed by atoms with Crippen molar-refractivity contribution >= 4 is 192 Å². The zero-order chi connectivity index (χ0) is 102. The average molecular weight is 2180 g/mol. The molecule has 5 saturated carbocycles. The second-order valence-electron chi connectivity index (χ2n) is 30.9. The van der Waals surface area contributed by atoms with Crippen LogP contribution in [0.25, 0.3) is 45.6 Å². The third kappa shape index (κ3) is 34.6. The molecule has 41 nitrogen and oxygen atoms in total. The number of aromatic nitrogens is 17. The summed E-state index contributed by atoms with van der Waals surface area (Å²) < 4.78 is 28.6. The monoisotopic (exact) mass is 2170 g/mol. The molecule has 10 N–H and O–H groups in total. The minimum atomic E-state index is -1.11. The molecule has 0 spiro atoms. The number of nitrogens with two attached hydrogens (primary N) is 2. The van der Waals surface area contributed by atoms with E-state index in [2.05, 4.69) is 103 Å². The number of ketones is 2. The number of hydroxylamine groups is 5. The number of pyridine rings is 5. The van der Waals surface area contributed by atoms with E-state index in [-0.39, 0.29) is 154 Å². The van der Waals surface area contributed by atoms with Crippen molar-refractivity contribution in [2.45, 2.75) is 64.2 Å². The zero-order valence-corrected chi connectivity index (χ0v) is 88.4. The second-order valence-corrected chi connectivity index (χ2v) is 33.3. The first-order valence-corrected chi connectivity index (χ1v) is 45.1. The van der Waals surface area contributed by atoms with Crippen molar-refractivity contribution in [3.05, 3.63) is 224 Å². The number of Topliss-reactive ketones (excluding diaryl/α,β-unsaturated/α-hetero) is 2. The third-order valence-corrected chi connectivity index (χ3v) is 21.7.